The van der Waals surface area contributed by atoms with E-state index in [1.54, 1.807) is 19.5 Å². The molecule has 1 amide bonds. The van der Waals surface area contributed by atoms with Crippen molar-refractivity contribution in [2.75, 3.05) is 64.5 Å². The average Bonchev–Trinajstić information content (AvgIpc) is 3.05. The number of methoxy groups -OCH3 is 1. The van der Waals surface area contributed by atoms with Gasteiger partial charge in [0.25, 0.3) is 0 Å². The summed E-state index contributed by atoms with van der Waals surface area (Å²) in [6, 6.07) is 2.22. The minimum absolute atomic E-state index is 0.0296. The minimum Gasteiger partial charge on any atom is -0.493 e. The molecule has 3 heterocycles. The molecule has 13 nitrogen and oxygen atoms in total. The van der Waals surface area contributed by atoms with E-state index in [0.29, 0.717) is 38.8 Å². The molecule has 15 heteroatoms. The Balaban J connectivity index is 1.11. The number of aliphatic hydroxyl groups excluding tert-OH is 5. The Kier molecular flexibility index (Phi) is 14.0. The summed E-state index contributed by atoms with van der Waals surface area (Å²) in [5.41, 5.74) is 0.617. The van der Waals surface area contributed by atoms with Crippen molar-refractivity contribution in [2.24, 2.45) is 11.8 Å². The monoisotopic (exact) mass is 667 g/mol. The number of hydrogen-bond acceptors (Lipinski definition) is 12. The van der Waals surface area contributed by atoms with Crippen molar-refractivity contribution in [3.8, 4) is 5.75 Å². The van der Waals surface area contributed by atoms with Gasteiger partial charge in [-0.25, -0.2) is 18.7 Å². The maximum Gasteiger partial charge on any atom is 0.227 e. The van der Waals surface area contributed by atoms with Crippen LogP contribution in [0.1, 0.15) is 36.8 Å². The predicted molar refractivity (Wildman–Crippen MR) is 167 cm³/mol. The summed E-state index contributed by atoms with van der Waals surface area (Å²) in [4.78, 5) is 25.2. The molecule has 4 atom stereocenters. The second kappa shape index (κ2) is 17.9. The number of aromatic nitrogens is 2. The molecule has 2 aliphatic rings. The molecule has 2 fully saturated rings. The number of piperidine rings is 1. The molecule has 1 unspecified atom stereocenters. The highest BCUT2D eigenvalue weighted by Gasteiger charge is 2.33. The number of aliphatic hydroxyl groups is 5. The number of benzene rings is 1. The third-order valence-electron chi connectivity index (χ3n) is 8.79. The van der Waals surface area contributed by atoms with Crippen molar-refractivity contribution in [1.29, 1.82) is 0 Å². The Bertz CT molecular complexity index is 1240. The van der Waals surface area contributed by atoms with Crippen LogP contribution < -0.4 is 15.0 Å². The molecule has 0 saturated carbocycles. The molecule has 6 N–H and O–H groups in total. The molecule has 262 valence electrons. The molecule has 1 aromatic carbocycles. The summed E-state index contributed by atoms with van der Waals surface area (Å²) >= 11 is 0. The first-order valence-electron chi connectivity index (χ1n) is 16.1. The van der Waals surface area contributed by atoms with Crippen LogP contribution in [0.2, 0.25) is 0 Å². The summed E-state index contributed by atoms with van der Waals surface area (Å²) in [5, 5.41) is 50.7. The van der Waals surface area contributed by atoms with Gasteiger partial charge in [-0.15, -0.1) is 0 Å². The van der Waals surface area contributed by atoms with Crippen molar-refractivity contribution >= 4 is 11.9 Å². The number of amides is 1. The zero-order chi connectivity index (χ0) is 33.9. The summed E-state index contributed by atoms with van der Waals surface area (Å²) in [6.07, 6.45) is 0.485. The second-order valence-electron chi connectivity index (χ2n) is 12.4. The van der Waals surface area contributed by atoms with Crippen LogP contribution in [0.25, 0.3) is 0 Å². The summed E-state index contributed by atoms with van der Waals surface area (Å²) in [5.74, 6) is -0.731. The molecule has 0 radical (unpaired) electrons. The largest absolute Gasteiger partial charge is 0.493 e. The third-order valence-corrected chi connectivity index (χ3v) is 8.79. The van der Waals surface area contributed by atoms with Crippen molar-refractivity contribution < 1.29 is 48.6 Å². The highest BCUT2D eigenvalue weighted by molar-refractivity contribution is 5.79. The highest BCUT2D eigenvalue weighted by Crippen LogP contribution is 2.26. The maximum absolute atomic E-state index is 14.8. The zero-order valence-corrected chi connectivity index (χ0v) is 26.7. The predicted octanol–water partition coefficient (Wildman–Crippen LogP) is 0.00320. The zero-order valence-electron chi connectivity index (χ0n) is 26.7. The van der Waals surface area contributed by atoms with E-state index in [1.807, 2.05) is 0 Å². The van der Waals surface area contributed by atoms with Crippen molar-refractivity contribution in [3.63, 3.8) is 0 Å². The Hall–Kier alpha value is -3.05. The van der Waals surface area contributed by atoms with Gasteiger partial charge < -0.3 is 50.1 Å². The first kappa shape index (κ1) is 36.8. The molecule has 2 aliphatic heterocycles. The Morgan fingerprint density at radius 1 is 1.02 bits per heavy atom. The van der Waals surface area contributed by atoms with Crippen LogP contribution in [0.4, 0.5) is 14.7 Å². The Morgan fingerprint density at radius 3 is 2.28 bits per heavy atom. The van der Waals surface area contributed by atoms with Gasteiger partial charge in [0.05, 0.1) is 32.3 Å². The lowest BCUT2D eigenvalue weighted by Gasteiger charge is -2.39. The maximum atomic E-state index is 14.8. The lowest BCUT2D eigenvalue weighted by Crippen LogP contribution is -2.55. The van der Waals surface area contributed by atoms with Gasteiger partial charge in [0.15, 0.2) is 0 Å². The van der Waals surface area contributed by atoms with Crippen LogP contribution in [-0.4, -0.2) is 130 Å². The van der Waals surface area contributed by atoms with E-state index in [4.69, 9.17) is 14.6 Å². The van der Waals surface area contributed by atoms with Gasteiger partial charge in [-0.05, 0) is 31.6 Å². The SMILES string of the molecule is COCc1cnc(N2CCC(CCCOc3cc(F)c(CC(=O)N4CC(CNC[C@H](O)[C@@H](O)[C@H](O)C(O)CO)C4)c(F)c3)CC2)nc1. The number of nitrogens with zero attached hydrogens (tertiary/aromatic N) is 4. The van der Waals surface area contributed by atoms with E-state index in [9.17, 15) is 34.0 Å². The van der Waals surface area contributed by atoms with Crippen LogP contribution in [0.15, 0.2) is 24.5 Å². The van der Waals surface area contributed by atoms with Gasteiger partial charge in [-0.3, -0.25) is 4.79 Å². The quantitative estimate of drug-likeness (QED) is 0.117. The van der Waals surface area contributed by atoms with Gasteiger partial charge in [-0.1, -0.05) is 0 Å². The van der Waals surface area contributed by atoms with E-state index in [-0.39, 0.29) is 23.8 Å². The van der Waals surface area contributed by atoms with Gasteiger partial charge in [0.1, 0.15) is 35.7 Å². The van der Waals surface area contributed by atoms with Crippen molar-refractivity contribution in [1.82, 2.24) is 20.2 Å². The van der Waals surface area contributed by atoms with Crippen LogP contribution in [0.5, 0.6) is 5.75 Å². The second-order valence-corrected chi connectivity index (χ2v) is 12.4. The van der Waals surface area contributed by atoms with Crippen molar-refractivity contribution in [3.05, 3.63) is 47.3 Å². The average molecular weight is 668 g/mol. The molecule has 2 aromatic rings. The number of carbonyl (C=O) groups is 1. The van der Waals surface area contributed by atoms with Crippen molar-refractivity contribution in [2.45, 2.75) is 63.1 Å². The molecular formula is C32H47F2N5O8. The number of rotatable bonds is 18. The van der Waals surface area contributed by atoms with E-state index < -0.39 is 55.0 Å². The molecule has 0 bridgehead atoms. The van der Waals surface area contributed by atoms with E-state index in [2.05, 4.69) is 20.2 Å². The van der Waals surface area contributed by atoms with Crippen LogP contribution >= 0.6 is 0 Å². The number of nitrogens with one attached hydrogen (secondary N) is 1. The molecule has 4 rings (SSSR count). The minimum atomic E-state index is -1.71. The first-order chi connectivity index (χ1) is 22.6. The number of anilines is 1. The van der Waals surface area contributed by atoms with Gasteiger partial charge in [-0.2, -0.15) is 0 Å². The molecule has 0 aliphatic carbocycles. The highest BCUT2D eigenvalue weighted by atomic mass is 19.1. The van der Waals surface area contributed by atoms with E-state index in [1.165, 1.54) is 4.90 Å². The normalized spacial score (nSPS) is 18.5. The number of ether oxygens (including phenoxy) is 2. The third kappa shape index (κ3) is 10.5. The van der Waals surface area contributed by atoms with E-state index in [0.717, 1.165) is 62.4 Å². The standard InChI is InChI=1S/C32H47F2N5O8/c1-46-19-21-13-36-32(37-14-21)38-6-4-20(5-7-38)3-2-8-47-23-9-25(33)24(26(34)10-23)11-29(43)39-16-22(17-39)12-35-15-27(41)30(44)31(45)28(42)18-40/h9-10,13-14,20,22,27-28,30-31,35,40-42,44-45H,2-8,11-12,15-19H2,1H3/t27-,28?,30+,31+/m0/s1. The van der Waals surface area contributed by atoms with Crippen LogP contribution in [0, 0.1) is 23.5 Å². The number of hydrogen-bond donors (Lipinski definition) is 6. The summed E-state index contributed by atoms with van der Waals surface area (Å²) < 4.78 is 40.3. The first-order valence-corrected chi connectivity index (χ1v) is 16.1. The van der Waals surface area contributed by atoms with Gasteiger partial charge in [0, 0.05) is 87.9 Å². The summed E-state index contributed by atoms with van der Waals surface area (Å²) in [7, 11) is 1.63. The van der Waals surface area contributed by atoms with E-state index >= 15 is 0 Å². The summed E-state index contributed by atoms with van der Waals surface area (Å²) in [6.45, 7) is 2.78. The fourth-order valence-corrected chi connectivity index (χ4v) is 5.85. The molecular weight excluding hydrogens is 620 g/mol. The molecule has 2 saturated heterocycles. The lowest BCUT2D eigenvalue weighted by molar-refractivity contribution is -0.136. The molecule has 47 heavy (non-hydrogen) atoms. The topological polar surface area (TPSA) is 181 Å². The Labute approximate surface area is 273 Å². The van der Waals surface area contributed by atoms with Crippen LogP contribution in [-0.2, 0) is 22.6 Å². The van der Waals surface area contributed by atoms with Crippen LogP contribution in [0.3, 0.4) is 0 Å². The lowest BCUT2D eigenvalue weighted by atomic mass is 9.92. The van der Waals surface area contributed by atoms with Gasteiger partial charge >= 0.3 is 0 Å². The number of likely N-dealkylation sites (tertiary alicyclic amines) is 1. The number of halogens is 2. The number of carbonyl (C=O) groups excluding carboxylic acids is 1. The smallest absolute Gasteiger partial charge is 0.227 e. The Morgan fingerprint density at radius 2 is 1.66 bits per heavy atom. The fraction of sp³-hybridized carbons (Fsp3) is 0.656. The molecule has 0 spiro atoms. The molecule has 1 aromatic heterocycles. The van der Waals surface area contributed by atoms with Gasteiger partial charge in [0.2, 0.25) is 11.9 Å². The fourth-order valence-electron chi connectivity index (χ4n) is 5.85.